The molecule has 1 aliphatic rings. The second-order valence-corrected chi connectivity index (χ2v) is 5.89. The van der Waals surface area contributed by atoms with E-state index in [9.17, 15) is 8.78 Å². The van der Waals surface area contributed by atoms with Gasteiger partial charge in [-0.3, -0.25) is 0 Å². The van der Waals surface area contributed by atoms with E-state index in [0.29, 0.717) is 18.1 Å². The molecule has 4 nitrogen and oxygen atoms in total. The van der Waals surface area contributed by atoms with Crippen molar-refractivity contribution in [2.24, 2.45) is 10.7 Å². The molecule has 2 aromatic carbocycles. The van der Waals surface area contributed by atoms with Crippen LogP contribution in [0, 0.1) is 0 Å². The van der Waals surface area contributed by atoms with Crippen LogP contribution < -0.4 is 10.5 Å². The molecule has 0 saturated heterocycles. The molecule has 0 bridgehead atoms. The number of benzene rings is 2. The zero-order valence-corrected chi connectivity index (χ0v) is 13.8. The van der Waals surface area contributed by atoms with Crippen molar-refractivity contribution in [1.29, 1.82) is 0 Å². The molecule has 0 unspecified atom stereocenters. The number of alkyl halides is 2. The van der Waals surface area contributed by atoms with Crippen molar-refractivity contribution < 1.29 is 13.5 Å². The first kappa shape index (κ1) is 17.0. The minimum Gasteiger partial charge on any atom is -0.434 e. The molecule has 0 aromatic heterocycles. The van der Waals surface area contributed by atoms with Crippen LogP contribution in [-0.2, 0) is 5.54 Å². The zero-order chi connectivity index (χ0) is 18.0. The average molecular weight is 343 g/mol. The van der Waals surface area contributed by atoms with Crippen LogP contribution in [0.1, 0.15) is 16.7 Å². The molecule has 130 valence electrons. The molecule has 1 atom stereocenters. The molecule has 0 radical (unpaired) electrons. The van der Waals surface area contributed by atoms with Gasteiger partial charge in [0.15, 0.2) is 5.96 Å². The highest BCUT2D eigenvalue weighted by Crippen LogP contribution is 2.39. The van der Waals surface area contributed by atoms with Gasteiger partial charge in [0, 0.05) is 12.6 Å². The first-order valence-electron chi connectivity index (χ1n) is 7.80. The van der Waals surface area contributed by atoms with E-state index in [1.807, 2.05) is 42.3 Å². The van der Waals surface area contributed by atoms with Gasteiger partial charge < -0.3 is 15.4 Å². The Morgan fingerprint density at radius 3 is 2.52 bits per heavy atom. The number of rotatable bonds is 5. The number of nitrogens with zero attached hydrogens (tertiary/aromatic N) is 2. The molecular formula is C19H19F2N3O. The van der Waals surface area contributed by atoms with E-state index in [4.69, 9.17) is 10.7 Å². The Bertz CT molecular complexity index is 808. The van der Waals surface area contributed by atoms with E-state index >= 15 is 0 Å². The van der Waals surface area contributed by atoms with E-state index in [1.54, 1.807) is 12.1 Å². The van der Waals surface area contributed by atoms with E-state index in [-0.39, 0.29) is 5.75 Å². The predicted molar refractivity (Wildman–Crippen MR) is 94.6 cm³/mol. The van der Waals surface area contributed by atoms with Gasteiger partial charge in [-0.05, 0) is 23.3 Å². The van der Waals surface area contributed by atoms with Crippen LogP contribution in [0.2, 0.25) is 0 Å². The van der Waals surface area contributed by atoms with Gasteiger partial charge in [-0.1, -0.05) is 49.1 Å². The Kier molecular flexibility index (Phi) is 4.44. The second-order valence-electron chi connectivity index (χ2n) is 5.89. The average Bonchev–Trinajstić information content (AvgIpc) is 2.91. The molecule has 25 heavy (non-hydrogen) atoms. The summed E-state index contributed by atoms with van der Waals surface area (Å²) in [5.74, 6) is 0.511. The van der Waals surface area contributed by atoms with Gasteiger partial charge in [-0.15, -0.1) is 0 Å². The first-order chi connectivity index (χ1) is 12.0. The Morgan fingerprint density at radius 2 is 1.96 bits per heavy atom. The summed E-state index contributed by atoms with van der Waals surface area (Å²) in [6, 6.07) is 14.8. The van der Waals surface area contributed by atoms with Gasteiger partial charge in [0.1, 0.15) is 11.3 Å². The minimum atomic E-state index is -2.89. The quantitative estimate of drug-likeness (QED) is 0.905. The Morgan fingerprint density at radius 1 is 1.24 bits per heavy atom. The highest BCUT2D eigenvalue weighted by Gasteiger charge is 2.41. The Hall–Kier alpha value is -2.89. The predicted octanol–water partition coefficient (Wildman–Crippen LogP) is 3.43. The Labute approximate surface area is 145 Å². The lowest BCUT2D eigenvalue weighted by atomic mass is 9.83. The molecule has 0 spiro atoms. The second kappa shape index (κ2) is 6.55. The summed E-state index contributed by atoms with van der Waals surface area (Å²) in [5, 5.41) is 0. The summed E-state index contributed by atoms with van der Waals surface area (Å²) in [6.07, 6.45) is 1.49. The maximum Gasteiger partial charge on any atom is 0.387 e. The third kappa shape index (κ3) is 3.07. The fraction of sp³-hybridized carbons (Fsp3) is 0.211. The maximum absolute atomic E-state index is 12.6. The number of aliphatic imine (C=N–C) groups is 1. The van der Waals surface area contributed by atoms with Crippen molar-refractivity contribution in [3.8, 4) is 5.75 Å². The van der Waals surface area contributed by atoms with Crippen molar-refractivity contribution in [2.75, 3.05) is 13.6 Å². The van der Waals surface area contributed by atoms with Crippen LogP contribution in [0.4, 0.5) is 8.78 Å². The zero-order valence-electron chi connectivity index (χ0n) is 13.8. The molecule has 3 rings (SSSR count). The summed E-state index contributed by atoms with van der Waals surface area (Å²) in [5.41, 5.74) is 7.61. The first-order valence-corrected chi connectivity index (χ1v) is 7.80. The largest absolute Gasteiger partial charge is 0.434 e. The standard InChI is InChI=1S/C19H19F2N3O/c1-3-13-11-15(9-10-16(13)25-17(20)21)19(12-24(2)18(22)23-19)14-7-5-4-6-8-14/h3-11,17H,1,12H2,2H3,(H2,22,23)/t19-/m0/s1. The highest BCUT2D eigenvalue weighted by atomic mass is 19.3. The van der Waals surface area contributed by atoms with E-state index in [1.165, 1.54) is 12.1 Å². The molecule has 1 heterocycles. The van der Waals surface area contributed by atoms with Crippen LogP contribution in [0.3, 0.4) is 0 Å². The van der Waals surface area contributed by atoms with Gasteiger partial charge in [0.05, 0.1) is 6.54 Å². The van der Waals surface area contributed by atoms with E-state index in [2.05, 4.69) is 11.3 Å². The van der Waals surface area contributed by atoms with Gasteiger partial charge in [-0.25, -0.2) is 4.99 Å². The SMILES string of the molecule is C=Cc1cc([C@@]2(c3ccccc3)CN(C)C(N)=N2)ccc1OC(F)F. The molecule has 0 amide bonds. The van der Waals surface area contributed by atoms with Crippen LogP contribution in [-0.4, -0.2) is 31.1 Å². The third-order valence-electron chi connectivity index (χ3n) is 4.34. The lowest BCUT2D eigenvalue weighted by Gasteiger charge is -2.28. The number of hydrogen-bond acceptors (Lipinski definition) is 4. The topological polar surface area (TPSA) is 50.8 Å². The van der Waals surface area contributed by atoms with Crippen molar-refractivity contribution >= 4 is 12.0 Å². The molecule has 6 heteroatoms. The molecule has 0 aliphatic carbocycles. The number of hydrogen-bond donors (Lipinski definition) is 1. The number of guanidine groups is 1. The molecule has 1 aliphatic heterocycles. The fourth-order valence-corrected chi connectivity index (χ4v) is 3.10. The highest BCUT2D eigenvalue weighted by molar-refractivity contribution is 5.81. The minimum absolute atomic E-state index is 0.0836. The molecular weight excluding hydrogens is 324 g/mol. The maximum atomic E-state index is 12.6. The van der Waals surface area contributed by atoms with Gasteiger partial charge >= 0.3 is 6.61 Å². The summed E-state index contributed by atoms with van der Waals surface area (Å²) in [6.45, 7) is 1.36. The third-order valence-corrected chi connectivity index (χ3v) is 4.34. The van der Waals surface area contributed by atoms with Gasteiger partial charge in [0.25, 0.3) is 0 Å². The number of halogens is 2. The van der Waals surface area contributed by atoms with Gasteiger partial charge in [-0.2, -0.15) is 8.78 Å². The van der Waals surface area contributed by atoms with Crippen molar-refractivity contribution in [3.05, 3.63) is 71.8 Å². The monoisotopic (exact) mass is 343 g/mol. The summed E-state index contributed by atoms with van der Waals surface area (Å²) < 4.78 is 29.7. The van der Waals surface area contributed by atoms with Crippen molar-refractivity contribution in [2.45, 2.75) is 12.2 Å². The fourth-order valence-electron chi connectivity index (χ4n) is 3.10. The lowest BCUT2D eigenvalue weighted by Crippen LogP contribution is -2.34. The molecule has 0 fully saturated rings. The van der Waals surface area contributed by atoms with E-state index in [0.717, 1.165) is 11.1 Å². The number of likely N-dealkylation sites (N-methyl/N-ethyl adjacent to an activating group) is 1. The Balaban J connectivity index is 2.14. The normalized spacial score (nSPS) is 19.8. The summed E-state index contributed by atoms with van der Waals surface area (Å²) >= 11 is 0. The van der Waals surface area contributed by atoms with Crippen molar-refractivity contribution in [3.63, 3.8) is 0 Å². The molecule has 2 N–H and O–H groups in total. The number of ether oxygens (including phenoxy) is 1. The van der Waals surface area contributed by atoms with Crippen LogP contribution in [0.5, 0.6) is 5.75 Å². The van der Waals surface area contributed by atoms with Crippen LogP contribution in [0.25, 0.3) is 6.08 Å². The molecule has 0 saturated carbocycles. The molecule has 2 aromatic rings. The van der Waals surface area contributed by atoms with Crippen molar-refractivity contribution in [1.82, 2.24) is 4.90 Å². The summed E-state index contributed by atoms with van der Waals surface area (Å²) in [4.78, 5) is 6.57. The van der Waals surface area contributed by atoms with Crippen LogP contribution in [0.15, 0.2) is 60.1 Å². The van der Waals surface area contributed by atoms with Crippen LogP contribution >= 0.6 is 0 Å². The summed E-state index contributed by atoms with van der Waals surface area (Å²) in [7, 11) is 1.87. The lowest BCUT2D eigenvalue weighted by molar-refractivity contribution is -0.0500. The number of nitrogens with two attached hydrogens (primary N) is 1. The van der Waals surface area contributed by atoms with E-state index < -0.39 is 12.2 Å². The van der Waals surface area contributed by atoms with Gasteiger partial charge in [0.2, 0.25) is 0 Å². The smallest absolute Gasteiger partial charge is 0.387 e.